The second-order valence-electron chi connectivity index (χ2n) is 4.71. The number of anilines is 1. The molecule has 0 aromatic carbocycles. The number of aromatic nitrogens is 2. The smallest absolute Gasteiger partial charge is 0.261 e. The van der Waals surface area contributed by atoms with Gasteiger partial charge in [-0.2, -0.15) is 4.98 Å². The summed E-state index contributed by atoms with van der Waals surface area (Å²) in [5, 5.41) is 4.71. The Morgan fingerprint density at radius 2 is 2.16 bits per heavy atom. The first-order valence-corrected chi connectivity index (χ1v) is 7.16. The van der Waals surface area contributed by atoms with E-state index in [2.05, 4.69) is 17.1 Å². The highest BCUT2D eigenvalue weighted by Crippen LogP contribution is 2.34. The van der Waals surface area contributed by atoms with E-state index in [0.29, 0.717) is 23.3 Å². The molecule has 0 amide bonds. The number of hydrogen-bond donors (Lipinski definition) is 1. The number of rotatable bonds is 5. The van der Waals surface area contributed by atoms with E-state index in [1.54, 1.807) is 11.3 Å². The molecular weight excluding hydrogens is 262 g/mol. The first-order valence-electron chi connectivity index (χ1n) is 6.34. The molecule has 0 atom stereocenters. The van der Waals surface area contributed by atoms with Crippen molar-refractivity contribution < 1.29 is 9.26 Å². The van der Waals surface area contributed by atoms with Gasteiger partial charge < -0.3 is 15.0 Å². The highest BCUT2D eigenvalue weighted by Gasteiger charge is 2.28. The molecule has 0 bridgehead atoms. The average Bonchev–Trinajstić information content (AvgIpc) is 2.95. The van der Waals surface area contributed by atoms with Gasteiger partial charge in [-0.25, -0.2) is 0 Å². The van der Waals surface area contributed by atoms with Crippen molar-refractivity contribution in [1.29, 1.82) is 0 Å². The Kier molecular flexibility index (Phi) is 3.91. The monoisotopic (exact) mass is 281 g/mol. The quantitative estimate of drug-likeness (QED) is 0.910. The summed E-state index contributed by atoms with van der Waals surface area (Å²) in [5.41, 5.74) is 6.24. The molecule has 0 unspecified atom stereocenters. The Morgan fingerprint density at radius 3 is 2.74 bits per heavy atom. The minimum absolute atomic E-state index is 0.455. The van der Waals surface area contributed by atoms with Gasteiger partial charge >= 0.3 is 0 Å². The lowest BCUT2D eigenvalue weighted by atomic mass is 10.1. The normalized spacial score (nSPS) is 12.0. The molecule has 0 radical (unpaired) electrons. The van der Waals surface area contributed by atoms with Crippen molar-refractivity contribution in [2.75, 3.05) is 12.3 Å². The highest BCUT2D eigenvalue weighted by atomic mass is 32.1. The summed E-state index contributed by atoms with van der Waals surface area (Å²) < 4.78 is 10.9. The van der Waals surface area contributed by atoms with Crippen LogP contribution in [0.2, 0.25) is 0 Å². The van der Waals surface area contributed by atoms with Crippen molar-refractivity contribution >= 4 is 16.3 Å². The van der Waals surface area contributed by atoms with Gasteiger partial charge in [0.15, 0.2) is 0 Å². The van der Waals surface area contributed by atoms with Crippen LogP contribution in [0.25, 0.3) is 11.5 Å². The van der Waals surface area contributed by atoms with Crippen LogP contribution in [0.5, 0.6) is 0 Å². The molecular formula is C13H19N3O2S. The maximum atomic E-state index is 5.99. The van der Waals surface area contributed by atoms with E-state index < -0.39 is 5.60 Å². The predicted molar refractivity (Wildman–Crippen MR) is 76.1 cm³/mol. The lowest BCUT2D eigenvalue weighted by Gasteiger charge is -2.19. The largest absolute Gasteiger partial charge is 0.390 e. The van der Waals surface area contributed by atoms with Gasteiger partial charge in [-0.3, -0.25) is 0 Å². The van der Waals surface area contributed by atoms with Gasteiger partial charge in [0, 0.05) is 11.5 Å². The zero-order valence-corrected chi connectivity index (χ0v) is 12.5. The fraction of sp³-hybridized carbons (Fsp3) is 0.538. The van der Waals surface area contributed by atoms with Crippen LogP contribution in [0, 0.1) is 0 Å². The van der Waals surface area contributed by atoms with Gasteiger partial charge in [0.25, 0.3) is 5.89 Å². The molecule has 2 rings (SSSR count). The zero-order valence-electron chi connectivity index (χ0n) is 11.7. The summed E-state index contributed by atoms with van der Waals surface area (Å²) in [4.78, 5) is 5.61. The van der Waals surface area contributed by atoms with Gasteiger partial charge in [0.05, 0.1) is 10.6 Å². The van der Waals surface area contributed by atoms with Crippen molar-refractivity contribution in [3.05, 3.63) is 16.8 Å². The van der Waals surface area contributed by atoms with Gasteiger partial charge in [-0.05, 0) is 33.3 Å². The number of aryl methyl sites for hydroxylation is 1. The third-order valence-electron chi connectivity index (χ3n) is 2.86. The van der Waals surface area contributed by atoms with Crippen LogP contribution in [-0.2, 0) is 16.8 Å². The molecule has 104 valence electrons. The molecule has 5 nitrogen and oxygen atoms in total. The third kappa shape index (κ3) is 2.79. The van der Waals surface area contributed by atoms with Crippen molar-refractivity contribution in [1.82, 2.24) is 10.1 Å². The Labute approximate surface area is 116 Å². The number of nitrogen functional groups attached to an aromatic ring is 1. The third-order valence-corrected chi connectivity index (χ3v) is 3.97. The molecule has 19 heavy (non-hydrogen) atoms. The molecule has 0 aliphatic carbocycles. The molecule has 2 aromatic heterocycles. The molecule has 0 spiro atoms. The van der Waals surface area contributed by atoms with Crippen LogP contribution >= 0.6 is 11.3 Å². The van der Waals surface area contributed by atoms with Crippen LogP contribution < -0.4 is 5.73 Å². The maximum absolute atomic E-state index is 5.99. The van der Waals surface area contributed by atoms with Crippen molar-refractivity contribution in [3.8, 4) is 11.5 Å². The molecule has 2 aromatic rings. The van der Waals surface area contributed by atoms with E-state index in [-0.39, 0.29) is 0 Å². The summed E-state index contributed by atoms with van der Waals surface area (Å²) in [6.45, 7) is 8.45. The van der Waals surface area contributed by atoms with Crippen LogP contribution in [0.1, 0.15) is 38.4 Å². The summed E-state index contributed by atoms with van der Waals surface area (Å²) in [6, 6.07) is 2.00. The molecule has 0 aliphatic heterocycles. The number of ether oxygens (including phenoxy) is 1. The zero-order chi connectivity index (χ0) is 14.0. The predicted octanol–water partition coefficient (Wildman–Crippen LogP) is 3.21. The minimum atomic E-state index is -0.561. The van der Waals surface area contributed by atoms with Crippen LogP contribution in [0.4, 0.5) is 5.00 Å². The maximum Gasteiger partial charge on any atom is 0.261 e. The Bertz CT molecular complexity index is 560. The fourth-order valence-corrected chi connectivity index (χ4v) is 2.66. The van der Waals surface area contributed by atoms with E-state index in [9.17, 15) is 0 Å². The van der Waals surface area contributed by atoms with Crippen molar-refractivity contribution in [2.24, 2.45) is 0 Å². The first-order chi connectivity index (χ1) is 8.97. The lowest BCUT2D eigenvalue weighted by Crippen LogP contribution is -2.23. The van der Waals surface area contributed by atoms with E-state index in [1.165, 1.54) is 4.88 Å². The van der Waals surface area contributed by atoms with E-state index in [4.69, 9.17) is 15.0 Å². The Morgan fingerprint density at radius 1 is 1.42 bits per heavy atom. The molecule has 0 fully saturated rings. The second kappa shape index (κ2) is 5.30. The van der Waals surface area contributed by atoms with Crippen LogP contribution in [0.15, 0.2) is 10.6 Å². The average molecular weight is 281 g/mol. The molecule has 6 heteroatoms. The first kappa shape index (κ1) is 14.0. The molecule has 0 aliphatic rings. The molecule has 2 N–H and O–H groups in total. The van der Waals surface area contributed by atoms with Crippen molar-refractivity contribution in [3.63, 3.8) is 0 Å². The SMILES string of the molecule is CCOC(C)(C)c1noc(-c2cc(CC)sc2N)n1. The second-order valence-corrected chi connectivity index (χ2v) is 5.88. The Hall–Kier alpha value is -1.40. The summed E-state index contributed by atoms with van der Waals surface area (Å²) in [7, 11) is 0. The van der Waals surface area contributed by atoms with E-state index in [0.717, 1.165) is 12.0 Å². The van der Waals surface area contributed by atoms with Gasteiger partial charge in [-0.15, -0.1) is 11.3 Å². The number of nitrogens with zero attached hydrogens (tertiary/aromatic N) is 2. The van der Waals surface area contributed by atoms with Gasteiger partial charge in [0.2, 0.25) is 5.82 Å². The summed E-state index contributed by atoms with van der Waals surface area (Å²) in [6.07, 6.45) is 0.945. The molecule has 2 heterocycles. The number of nitrogens with two attached hydrogens (primary N) is 1. The summed E-state index contributed by atoms with van der Waals surface area (Å²) in [5.74, 6) is 0.990. The van der Waals surface area contributed by atoms with Crippen molar-refractivity contribution in [2.45, 2.75) is 39.7 Å². The lowest BCUT2D eigenvalue weighted by molar-refractivity contribution is -0.0221. The topological polar surface area (TPSA) is 74.2 Å². The highest BCUT2D eigenvalue weighted by molar-refractivity contribution is 7.16. The van der Waals surface area contributed by atoms with Crippen LogP contribution in [-0.4, -0.2) is 16.7 Å². The van der Waals surface area contributed by atoms with Crippen LogP contribution in [0.3, 0.4) is 0 Å². The van der Waals surface area contributed by atoms with E-state index >= 15 is 0 Å². The number of thiophene rings is 1. The molecule has 0 saturated heterocycles. The van der Waals surface area contributed by atoms with E-state index in [1.807, 2.05) is 26.8 Å². The fourth-order valence-electron chi connectivity index (χ4n) is 1.80. The van der Waals surface area contributed by atoms with Gasteiger partial charge in [-0.1, -0.05) is 12.1 Å². The number of hydrogen-bond acceptors (Lipinski definition) is 6. The standard InChI is InChI=1S/C13H19N3O2S/c1-5-8-7-9(10(14)19-8)11-15-12(16-18-11)13(3,4)17-6-2/h7H,5-6,14H2,1-4H3. The Balaban J connectivity index is 2.32. The van der Waals surface area contributed by atoms with Gasteiger partial charge in [0.1, 0.15) is 5.60 Å². The molecule has 0 saturated carbocycles. The summed E-state index contributed by atoms with van der Waals surface area (Å²) >= 11 is 1.55. The minimum Gasteiger partial charge on any atom is -0.390 e.